The molecule has 30 heavy (non-hydrogen) atoms. The number of para-hydroxylation sites is 1. The van der Waals surface area contributed by atoms with E-state index in [9.17, 15) is 0 Å². The van der Waals surface area contributed by atoms with E-state index in [1.807, 2.05) is 48.5 Å². The molecule has 4 rings (SSSR count). The molecule has 0 aliphatic heterocycles. The number of hydrogen-bond donors (Lipinski definition) is 2. The molecule has 8 heteroatoms. The van der Waals surface area contributed by atoms with Crippen LogP contribution >= 0.6 is 11.3 Å². The molecule has 0 bridgehead atoms. The number of rotatable bonds is 6. The number of nitrogens with zero attached hydrogens (tertiary/aromatic N) is 2. The van der Waals surface area contributed by atoms with Gasteiger partial charge in [-0.3, -0.25) is 4.99 Å². The summed E-state index contributed by atoms with van der Waals surface area (Å²) in [5.41, 5.74) is 1.81. The molecule has 2 heterocycles. The summed E-state index contributed by atoms with van der Waals surface area (Å²) < 4.78 is 17.7. The van der Waals surface area contributed by atoms with Gasteiger partial charge in [0.05, 0.1) is 31.0 Å². The number of aliphatic imine (C=N–C) groups is 1. The van der Waals surface area contributed by atoms with Gasteiger partial charge in [0, 0.05) is 18.8 Å². The second-order valence-corrected chi connectivity index (χ2v) is 7.40. The molecular weight excluding hydrogens is 400 g/mol. The van der Waals surface area contributed by atoms with Crippen molar-refractivity contribution in [2.24, 2.45) is 4.99 Å². The van der Waals surface area contributed by atoms with E-state index >= 15 is 0 Å². The highest BCUT2D eigenvalue weighted by Crippen LogP contribution is 2.31. The fraction of sp³-hybridized carbons (Fsp3) is 0.182. The Morgan fingerprint density at radius 2 is 1.90 bits per heavy atom. The Morgan fingerprint density at radius 1 is 1.07 bits per heavy atom. The van der Waals surface area contributed by atoms with E-state index < -0.39 is 0 Å². The molecule has 0 radical (unpaired) electrons. The van der Waals surface area contributed by atoms with Gasteiger partial charge in [-0.2, -0.15) is 0 Å². The van der Waals surface area contributed by atoms with Gasteiger partial charge >= 0.3 is 0 Å². The van der Waals surface area contributed by atoms with Crippen molar-refractivity contribution in [1.82, 2.24) is 10.3 Å². The third-order valence-electron chi connectivity index (χ3n) is 4.47. The molecule has 2 N–H and O–H groups in total. The maximum absolute atomic E-state index is 5.98. The lowest BCUT2D eigenvalue weighted by atomic mass is 10.3. The van der Waals surface area contributed by atoms with Crippen LogP contribution in [0.2, 0.25) is 0 Å². The van der Waals surface area contributed by atoms with Crippen LogP contribution in [0.25, 0.3) is 21.0 Å². The molecule has 0 aliphatic rings. The van der Waals surface area contributed by atoms with Crippen LogP contribution in [-0.2, 0) is 6.54 Å². The molecule has 2 aromatic carbocycles. The number of guanidine groups is 1. The minimum atomic E-state index is 0.484. The average molecular weight is 423 g/mol. The summed E-state index contributed by atoms with van der Waals surface area (Å²) >= 11 is 1.62. The molecule has 0 atom stereocenters. The maximum atomic E-state index is 5.98. The molecule has 0 amide bonds. The van der Waals surface area contributed by atoms with Crippen LogP contribution in [0, 0.1) is 0 Å². The van der Waals surface area contributed by atoms with Crippen molar-refractivity contribution in [2.75, 3.05) is 26.6 Å². The van der Waals surface area contributed by atoms with Gasteiger partial charge in [0.1, 0.15) is 5.76 Å². The molecular formula is C22H22N4O3S. The van der Waals surface area contributed by atoms with Gasteiger partial charge < -0.3 is 24.5 Å². The summed E-state index contributed by atoms with van der Waals surface area (Å²) in [7, 11) is 4.93. The quantitative estimate of drug-likeness (QED) is 0.344. The van der Waals surface area contributed by atoms with E-state index in [2.05, 4.69) is 26.7 Å². The Hall–Kier alpha value is -3.52. The largest absolute Gasteiger partial charge is 0.493 e. The van der Waals surface area contributed by atoms with Gasteiger partial charge in [-0.05, 0) is 36.4 Å². The van der Waals surface area contributed by atoms with Crippen molar-refractivity contribution in [2.45, 2.75) is 6.54 Å². The molecule has 0 spiro atoms. The first kappa shape index (κ1) is 19.8. The fourth-order valence-electron chi connectivity index (χ4n) is 2.97. The summed E-state index contributed by atoms with van der Waals surface area (Å²) in [6.07, 6.45) is 0. The number of anilines is 1. The molecule has 0 unspecified atom stereocenters. The van der Waals surface area contributed by atoms with Gasteiger partial charge in [0.25, 0.3) is 0 Å². The van der Waals surface area contributed by atoms with Crippen LogP contribution < -0.4 is 20.1 Å². The maximum Gasteiger partial charge on any atom is 0.195 e. The van der Waals surface area contributed by atoms with Crippen LogP contribution in [0.3, 0.4) is 0 Å². The van der Waals surface area contributed by atoms with Crippen LogP contribution in [-0.4, -0.2) is 32.2 Å². The van der Waals surface area contributed by atoms with Crippen molar-refractivity contribution in [1.29, 1.82) is 0 Å². The molecule has 4 aromatic rings. The second-order valence-electron chi connectivity index (χ2n) is 6.37. The Bertz CT molecular complexity index is 1150. The summed E-state index contributed by atoms with van der Waals surface area (Å²) in [5, 5.41) is 7.35. The Morgan fingerprint density at radius 3 is 2.67 bits per heavy atom. The highest BCUT2D eigenvalue weighted by Gasteiger charge is 2.11. The zero-order chi connectivity index (χ0) is 20.9. The normalized spacial score (nSPS) is 11.5. The lowest BCUT2D eigenvalue weighted by Gasteiger charge is -2.13. The van der Waals surface area contributed by atoms with Gasteiger partial charge in [-0.15, -0.1) is 11.3 Å². The summed E-state index contributed by atoms with van der Waals surface area (Å²) in [6, 6.07) is 17.5. The van der Waals surface area contributed by atoms with Crippen LogP contribution in [0.15, 0.2) is 64.0 Å². The smallest absolute Gasteiger partial charge is 0.195 e. The fourth-order valence-corrected chi connectivity index (χ4v) is 3.89. The average Bonchev–Trinajstić information content (AvgIpc) is 3.43. The van der Waals surface area contributed by atoms with Crippen LogP contribution in [0.4, 0.5) is 5.69 Å². The number of aromatic nitrogens is 1. The minimum Gasteiger partial charge on any atom is -0.493 e. The molecule has 0 saturated carbocycles. The van der Waals surface area contributed by atoms with E-state index in [-0.39, 0.29) is 0 Å². The number of fused-ring (bicyclic) bond motifs is 1. The molecule has 154 valence electrons. The van der Waals surface area contributed by atoms with E-state index in [0.717, 1.165) is 32.4 Å². The SMILES string of the molecule is CN=C(NCc1ccc(-c2nc3ccccc3s2)o1)Nc1ccc(OC)c(OC)c1. The predicted octanol–water partition coefficient (Wildman–Crippen LogP) is 4.76. The number of thiazole rings is 1. The van der Waals surface area contributed by atoms with Gasteiger partial charge in [0.2, 0.25) is 0 Å². The van der Waals surface area contributed by atoms with Crippen molar-refractivity contribution in [3.8, 4) is 22.3 Å². The van der Waals surface area contributed by atoms with Crippen molar-refractivity contribution in [3.05, 3.63) is 60.4 Å². The lowest BCUT2D eigenvalue weighted by Crippen LogP contribution is -2.30. The third-order valence-corrected chi connectivity index (χ3v) is 5.52. The Balaban J connectivity index is 1.41. The monoisotopic (exact) mass is 422 g/mol. The molecule has 2 aromatic heterocycles. The number of nitrogens with one attached hydrogen (secondary N) is 2. The van der Waals surface area contributed by atoms with Gasteiger partial charge in [-0.1, -0.05) is 12.1 Å². The predicted molar refractivity (Wildman–Crippen MR) is 121 cm³/mol. The van der Waals surface area contributed by atoms with Crippen molar-refractivity contribution in [3.63, 3.8) is 0 Å². The first-order chi connectivity index (χ1) is 14.7. The summed E-state index contributed by atoms with van der Waals surface area (Å²) in [4.78, 5) is 8.90. The number of benzene rings is 2. The topological polar surface area (TPSA) is 80.9 Å². The van der Waals surface area contributed by atoms with E-state index in [1.54, 1.807) is 32.6 Å². The zero-order valence-electron chi connectivity index (χ0n) is 16.9. The second kappa shape index (κ2) is 8.87. The molecule has 0 saturated heterocycles. The highest BCUT2D eigenvalue weighted by molar-refractivity contribution is 7.21. The Labute approximate surface area is 178 Å². The van der Waals surface area contributed by atoms with Crippen LogP contribution in [0.5, 0.6) is 11.5 Å². The highest BCUT2D eigenvalue weighted by atomic mass is 32.1. The van der Waals surface area contributed by atoms with Crippen molar-refractivity contribution < 1.29 is 13.9 Å². The summed E-state index contributed by atoms with van der Waals surface area (Å²) in [6.45, 7) is 0.484. The lowest BCUT2D eigenvalue weighted by molar-refractivity contribution is 0.355. The number of methoxy groups -OCH3 is 2. The Kier molecular flexibility index (Phi) is 5.85. The first-order valence-corrected chi connectivity index (χ1v) is 10.2. The summed E-state index contributed by atoms with van der Waals surface area (Å²) in [5.74, 6) is 3.48. The minimum absolute atomic E-state index is 0.484. The molecule has 7 nitrogen and oxygen atoms in total. The number of hydrogen-bond acceptors (Lipinski definition) is 6. The first-order valence-electron chi connectivity index (χ1n) is 9.34. The van der Waals surface area contributed by atoms with E-state index in [1.165, 1.54) is 0 Å². The van der Waals surface area contributed by atoms with Gasteiger partial charge in [-0.25, -0.2) is 4.98 Å². The van der Waals surface area contributed by atoms with Crippen molar-refractivity contribution >= 4 is 33.2 Å². The van der Waals surface area contributed by atoms with Crippen LogP contribution in [0.1, 0.15) is 5.76 Å². The molecule has 0 fully saturated rings. The van der Waals surface area contributed by atoms with E-state index in [4.69, 9.17) is 13.9 Å². The number of furan rings is 1. The van der Waals surface area contributed by atoms with Gasteiger partial charge in [0.15, 0.2) is 28.2 Å². The number of ether oxygens (including phenoxy) is 2. The zero-order valence-corrected chi connectivity index (χ0v) is 17.7. The van der Waals surface area contributed by atoms with E-state index in [0.29, 0.717) is 24.0 Å². The standard InChI is InChI=1S/C22H22N4O3S/c1-23-22(25-14-8-10-17(27-2)19(12-14)28-3)24-13-15-9-11-18(29-15)21-26-16-6-4-5-7-20(16)30-21/h4-12H,13H2,1-3H3,(H2,23,24,25). The molecule has 0 aliphatic carbocycles. The third kappa shape index (κ3) is 4.23.